The number of nitrogens with zero attached hydrogens (tertiary/aromatic N) is 2. The average Bonchev–Trinajstić information content (AvgIpc) is 2.64. The molecule has 1 unspecified atom stereocenters. The van der Waals surface area contributed by atoms with E-state index in [1.807, 2.05) is 23.9 Å². The van der Waals surface area contributed by atoms with Gasteiger partial charge >= 0.3 is 0 Å². The molecular weight excluding hydrogens is 166 g/mol. The van der Waals surface area contributed by atoms with Crippen molar-refractivity contribution in [2.75, 3.05) is 13.2 Å². The average molecular weight is 183 g/mol. The third-order valence-corrected chi connectivity index (χ3v) is 1.90. The van der Waals surface area contributed by atoms with E-state index in [1.54, 1.807) is 6.20 Å². The van der Waals surface area contributed by atoms with E-state index >= 15 is 0 Å². The lowest BCUT2D eigenvalue weighted by Gasteiger charge is -2.14. The highest BCUT2D eigenvalue weighted by molar-refractivity contribution is 4.77. The second-order valence-corrected chi connectivity index (χ2v) is 2.87. The molecule has 4 nitrogen and oxygen atoms in total. The van der Waals surface area contributed by atoms with Crippen molar-refractivity contribution in [1.29, 1.82) is 0 Å². The molecule has 74 valence electrons. The van der Waals surface area contributed by atoms with Crippen LogP contribution in [0.5, 0.6) is 0 Å². The van der Waals surface area contributed by atoms with E-state index in [2.05, 4.69) is 5.10 Å². The normalized spacial score (nSPS) is 13.1. The summed E-state index contributed by atoms with van der Waals surface area (Å²) in [5, 5.41) is 4.10. The predicted octanol–water partition coefficient (Wildman–Crippen LogP) is 0.637. The zero-order valence-corrected chi connectivity index (χ0v) is 8.02. The molecule has 1 aromatic rings. The van der Waals surface area contributed by atoms with Crippen LogP contribution in [0.2, 0.25) is 0 Å². The minimum Gasteiger partial charge on any atom is -0.377 e. The lowest BCUT2D eigenvalue weighted by molar-refractivity contribution is 0.0592. The molecule has 0 aliphatic heterocycles. The van der Waals surface area contributed by atoms with Crippen molar-refractivity contribution in [3.05, 3.63) is 18.5 Å². The third kappa shape index (κ3) is 3.57. The fourth-order valence-electron chi connectivity index (χ4n) is 1.21. The molecule has 0 saturated heterocycles. The lowest BCUT2D eigenvalue weighted by Crippen LogP contribution is -2.25. The molecule has 0 bridgehead atoms. The van der Waals surface area contributed by atoms with E-state index in [-0.39, 0.29) is 6.10 Å². The Morgan fingerprint density at radius 2 is 2.46 bits per heavy atom. The summed E-state index contributed by atoms with van der Waals surface area (Å²) in [6.07, 6.45) is 4.80. The van der Waals surface area contributed by atoms with Crippen LogP contribution in [0, 0.1) is 0 Å². The topological polar surface area (TPSA) is 53.1 Å². The van der Waals surface area contributed by atoms with Crippen LogP contribution in [0.15, 0.2) is 18.5 Å². The van der Waals surface area contributed by atoms with Gasteiger partial charge < -0.3 is 10.5 Å². The summed E-state index contributed by atoms with van der Waals surface area (Å²) >= 11 is 0. The first-order chi connectivity index (χ1) is 6.36. The van der Waals surface area contributed by atoms with Gasteiger partial charge in [0.1, 0.15) is 0 Å². The van der Waals surface area contributed by atoms with Gasteiger partial charge in [0.05, 0.1) is 6.10 Å². The SMILES string of the molecule is CCOC(CN)CCn1cccn1. The van der Waals surface area contributed by atoms with Crippen molar-refractivity contribution >= 4 is 0 Å². The van der Waals surface area contributed by atoms with Gasteiger partial charge in [0.2, 0.25) is 0 Å². The number of hydrogen-bond acceptors (Lipinski definition) is 3. The van der Waals surface area contributed by atoms with Crippen LogP contribution >= 0.6 is 0 Å². The van der Waals surface area contributed by atoms with Crippen molar-refractivity contribution in [3.63, 3.8) is 0 Å². The predicted molar refractivity (Wildman–Crippen MR) is 51.3 cm³/mol. The van der Waals surface area contributed by atoms with E-state index in [4.69, 9.17) is 10.5 Å². The Morgan fingerprint density at radius 3 is 3.00 bits per heavy atom. The number of hydrogen-bond donors (Lipinski definition) is 1. The van der Waals surface area contributed by atoms with Crippen LogP contribution in [-0.4, -0.2) is 29.0 Å². The standard InChI is InChI=1S/C9H17N3O/c1-2-13-9(8-10)4-7-12-6-3-5-11-12/h3,5-6,9H,2,4,7-8,10H2,1H3. The summed E-state index contributed by atoms with van der Waals surface area (Å²) < 4.78 is 7.31. The molecule has 1 aromatic heterocycles. The maximum absolute atomic E-state index is 5.54. The fraction of sp³-hybridized carbons (Fsp3) is 0.667. The van der Waals surface area contributed by atoms with Crippen molar-refractivity contribution in [3.8, 4) is 0 Å². The number of aryl methyl sites for hydroxylation is 1. The van der Waals surface area contributed by atoms with E-state index < -0.39 is 0 Å². The summed E-state index contributed by atoms with van der Waals surface area (Å²) in [7, 11) is 0. The van der Waals surface area contributed by atoms with Crippen molar-refractivity contribution in [2.24, 2.45) is 5.73 Å². The Hall–Kier alpha value is -0.870. The second-order valence-electron chi connectivity index (χ2n) is 2.87. The van der Waals surface area contributed by atoms with Crippen molar-refractivity contribution < 1.29 is 4.74 Å². The third-order valence-electron chi connectivity index (χ3n) is 1.90. The molecule has 0 saturated carbocycles. The Bertz CT molecular complexity index is 211. The molecule has 4 heteroatoms. The Morgan fingerprint density at radius 1 is 1.62 bits per heavy atom. The Kier molecular flexibility index (Phi) is 4.49. The first-order valence-corrected chi connectivity index (χ1v) is 4.66. The van der Waals surface area contributed by atoms with E-state index in [0.717, 1.165) is 19.6 Å². The zero-order chi connectivity index (χ0) is 9.52. The smallest absolute Gasteiger partial charge is 0.0714 e. The monoisotopic (exact) mass is 183 g/mol. The van der Waals surface area contributed by atoms with Gasteiger partial charge in [-0.2, -0.15) is 5.10 Å². The van der Waals surface area contributed by atoms with Crippen LogP contribution in [0.3, 0.4) is 0 Å². The van der Waals surface area contributed by atoms with Crippen LogP contribution < -0.4 is 5.73 Å². The molecule has 0 fully saturated rings. The van der Waals surface area contributed by atoms with Gasteiger partial charge in [-0.1, -0.05) is 0 Å². The highest BCUT2D eigenvalue weighted by atomic mass is 16.5. The van der Waals surface area contributed by atoms with E-state index in [9.17, 15) is 0 Å². The van der Waals surface area contributed by atoms with Crippen LogP contribution in [-0.2, 0) is 11.3 Å². The molecular formula is C9H17N3O. The zero-order valence-electron chi connectivity index (χ0n) is 8.02. The summed E-state index contributed by atoms with van der Waals surface area (Å²) in [6.45, 7) is 4.15. The van der Waals surface area contributed by atoms with Crippen LogP contribution in [0.25, 0.3) is 0 Å². The molecule has 0 aliphatic rings. The molecule has 0 spiro atoms. The second kappa shape index (κ2) is 5.72. The largest absolute Gasteiger partial charge is 0.377 e. The summed E-state index contributed by atoms with van der Waals surface area (Å²) in [4.78, 5) is 0. The Balaban J connectivity index is 2.23. The number of ether oxygens (including phenoxy) is 1. The molecule has 1 rings (SSSR count). The molecule has 1 heterocycles. The van der Waals surface area contributed by atoms with Gasteiger partial charge in [0, 0.05) is 32.1 Å². The van der Waals surface area contributed by atoms with Crippen molar-refractivity contribution in [1.82, 2.24) is 9.78 Å². The maximum Gasteiger partial charge on any atom is 0.0714 e. The van der Waals surface area contributed by atoms with Gasteiger partial charge in [-0.3, -0.25) is 4.68 Å². The Labute approximate surface area is 78.7 Å². The summed E-state index contributed by atoms with van der Waals surface area (Å²) in [5.41, 5.74) is 5.54. The lowest BCUT2D eigenvalue weighted by atomic mass is 10.2. The van der Waals surface area contributed by atoms with Gasteiger partial charge in [0.25, 0.3) is 0 Å². The maximum atomic E-state index is 5.54. The first-order valence-electron chi connectivity index (χ1n) is 4.66. The molecule has 0 amide bonds. The minimum absolute atomic E-state index is 0.161. The highest BCUT2D eigenvalue weighted by Gasteiger charge is 2.05. The van der Waals surface area contributed by atoms with Crippen molar-refractivity contribution in [2.45, 2.75) is 26.0 Å². The van der Waals surface area contributed by atoms with E-state index in [0.29, 0.717) is 6.54 Å². The molecule has 0 aromatic carbocycles. The quantitative estimate of drug-likeness (QED) is 0.704. The fourth-order valence-corrected chi connectivity index (χ4v) is 1.21. The first kappa shape index (κ1) is 10.2. The molecule has 1 atom stereocenters. The number of nitrogens with two attached hydrogens (primary N) is 1. The minimum atomic E-state index is 0.161. The highest BCUT2D eigenvalue weighted by Crippen LogP contribution is 1.99. The molecule has 0 aliphatic carbocycles. The number of aromatic nitrogens is 2. The molecule has 0 radical (unpaired) electrons. The van der Waals surface area contributed by atoms with Gasteiger partial charge in [0.15, 0.2) is 0 Å². The van der Waals surface area contributed by atoms with E-state index in [1.165, 1.54) is 0 Å². The van der Waals surface area contributed by atoms with Crippen LogP contribution in [0.4, 0.5) is 0 Å². The van der Waals surface area contributed by atoms with Gasteiger partial charge in [-0.15, -0.1) is 0 Å². The molecule has 2 N–H and O–H groups in total. The van der Waals surface area contributed by atoms with Gasteiger partial charge in [-0.05, 0) is 19.4 Å². The summed E-state index contributed by atoms with van der Waals surface area (Å²) in [5.74, 6) is 0. The van der Waals surface area contributed by atoms with Crippen LogP contribution in [0.1, 0.15) is 13.3 Å². The number of rotatable bonds is 6. The summed E-state index contributed by atoms with van der Waals surface area (Å²) in [6, 6.07) is 1.91. The molecule has 13 heavy (non-hydrogen) atoms. The van der Waals surface area contributed by atoms with Gasteiger partial charge in [-0.25, -0.2) is 0 Å².